The highest BCUT2D eigenvalue weighted by Crippen LogP contribution is 2.40. The van der Waals surface area contributed by atoms with Gasteiger partial charge in [0.05, 0.1) is 18.3 Å². The third kappa shape index (κ3) is 3.68. The number of azide groups is 1. The lowest BCUT2D eigenvalue weighted by atomic mass is 9.91. The number of hydrogen-bond donors (Lipinski definition) is 0. The molecule has 0 bridgehead atoms. The van der Waals surface area contributed by atoms with Crippen LogP contribution < -0.4 is 4.90 Å². The van der Waals surface area contributed by atoms with E-state index in [-0.39, 0.29) is 6.04 Å². The lowest BCUT2D eigenvalue weighted by molar-refractivity contribution is 0.652. The van der Waals surface area contributed by atoms with E-state index in [1.165, 1.54) is 5.56 Å². The fraction of sp³-hybridized carbons (Fsp3) is 0.136. The summed E-state index contributed by atoms with van der Waals surface area (Å²) in [7, 11) is 0. The van der Waals surface area contributed by atoms with E-state index >= 15 is 0 Å². The molecule has 132 valence electrons. The average molecular weight is 353 g/mol. The summed E-state index contributed by atoms with van der Waals surface area (Å²) in [6.45, 7) is 0.380. The van der Waals surface area contributed by atoms with Gasteiger partial charge in [-0.25, -0.2) is 4.99 Å². The van der Waals surface area contributed by atoms with Crippen LogP contribution in [0.15, 0.2) is 95.0 Å². The van der Waals surface area contributed by atoms with Gasteiger partial charge in [0.1, 0.15) is 5.84 Å². The number of amidine groups is 1. The van der Waals surface area contributed by atoms with Crippen LogP contribution in [-0.4, -0.2) is 5.84 Å². The van der Waals surface area contributed by atoms with Crippen molar-refractivity contribution in [1.29, 1.82) is 0 Å². The lowest BCUT2D eigenvalue weighted by Crippen LogP contribution is -2.46. The summed E-state index contributed by atoms with van der Waals surface area (Å²) in [6, 6.07) is 28.9. The molecular formula is C22H19N5. The van der Waals surface area contributed by atoms with Crippen LogP contribution in [0, 0.1) is 0 Å². The second-order valence-corrected chi connectivity index (χ2v) is 6.42. The molecule has 0 aliphatic carbocycles. The molecule has 1 unspecified atom stereocenters. The van der Waals surface area contributed by atoms with Crippen molar-refractivity contribution in [2.45, 2.75) is 19.0 Å². The Hall–Kier alpha value is -3.56. The highest BCUT2D eigenvalue weighted by Gasteiger charge is 2.36. The number of aliphatic imine (C=N–C) groups is 1. The van der Waals surface area contributed by atoms with Gasteiger partial charge in [-0.2, -0.15) is 0 Å². The molecule has 0 N–H and O–H groups in total. The van der Waals surface area contributed by atoms with Gasteiger partial charge in [0.25, 0.3) is 0 Å². The molecule has 5 nitrogen and oxygen atoms in total. The van der Waals surface area contributed by atoms with Crippen molar-refractivity contribution in [1.82, 2.24) is 0 Å². The smallest absolute Gasteiger partial charge is 0.112 e. The van der Waals surface area contributed by atoms with Crippen LogP contribution in [0.4, 0.5) is 11.4 Å². The van der Waals surface area contributed by atoms with Gasteiger partial charge in [0, 0.05) is 17.0 Å². The van der Waals surface area contributed by atoms with Gasteiger partial charge in [-0.05, 0) is 40.9 Å². The molecule has 4 rings (SSSR count). The minimum absolute atomic E-state index is 0.253. The maximum atomic E-state index is 8.47. The molecular weight excluding hydrogens is 334 g/mol. The molecule has 0 saturated carbocycles. The first kappa shape index (κ1) is 16.9. The molecule has 1 aliphatic heterocycles. The topological polar surface area (TPSA) is 64.4 Å². The predicted molar refractivity (Wildman–Crippen MR) is 109 cm³/mol. The average Bonchev–Trinajstić information content (AvgIpc) is 2.71. The zero-order valence-electron chi connectivity index (χ0n) is 14.8. The fourth-order valence-corrected chi connectivity index (χ4v) is 3.32. The van der Waals surface area contributed by atoms with Crippen LogP contribution >= 0.6 is 0 Å². The monoisotopic (exact) mass is 353 g/mol. The van der Waals surface area contributed by atoms with Crippen LogP contribution in [0.5, 0.6) is 0 Å². The number of hydrogen-bond acceptors (Lipinski definition) is 2. The summed E-state index contributed by atoms with van der Waals surface area (Å²) in [6.07, 6.45) is 0.888. The standard InChI is InChI=1S/C22H19N5/c23-26-24-16-17-11-13-18(14-12-17)21-15-22(25-19-7-3-1-4-8-19)27(21)20-9-5-2-6-10-20/h1-14,21H,15-16H2. The molecule has 1 heterocycles. The molecule has 1 atom stereocenters. The van der Waals surface area contributed by atoms with E-state index in [0.29, 0.717) is 6.54 Å². The van der Waals surface area contributed by atoms with Crippen LogP contribution in [0.25, 0.3) is 10.4 Å². The molecule has 1 fully saturated rings. The van der Waals surface area contributed by atoms with Crippen molar-refractivity contribution in [3.05, 3.63) is 106 Å². The van der Waals surface area contributed by atoms with E-state index in [9.17, 15) is 0 Å². The van der Waals surface area contributed by atoms with Gasteiger partial charge in [-0.15, -0.1) is 0 Å². The van der Waals surface area contributed by atoms with Gasteiger partial charge in [-0.3, -0.25) is 0 Å². The molecule has 0 spiro atoms. The Balaban J connectivity index is 1.63. The minimum Gasteiger partial charge on any atom is -0.322 e. The van der Waals surface area contributed by atoms with E-state index in [4.69, 9.17) is 10.5 Å². The van der Waals surface area contributed by atoms with Crippen molar-refractivity contribution in [2.75, 3.05) is 4.90 Å². The van der Waals surface area contributed by atoms with Gasteiger partial charge in [-0.1, -0.05) is 65.8 Å². The molecule has 1 saturated heterocycles. The Bertz CT molecular complexity index is 974. The molecule has 0 amide bonds. The number of rotatable bonds is 5. The predicted octanol–water partition coefficient (Wildman–Crippen LogP) is 6.18. The van der Waals surface area contributed by atoms with Gasteiger partial charge < -0.3 is 4.90 Å². The highest BCUT2D eigenvalue weighted by atomic mass is 15.3. The molecule has 1 aliphatic rings. The van der Waals surface area contributed by atoms with Crippen LogP contribution in [0.2, 0.25) is 0 Å². The first-order chi connectivity index (χ1) is 13.3. The summed E-state index contributed by atoms with van der Waals surface area (Å²) in [5.41, 5.74) is 12.8. The number of para-hydroxylation sites is 2. The first-order valence-electron chi connectivity index (χ1n) is 8.92. The summed E-state index contributed by atoms with van der Waals surface area (Å²) in [5.74, 6) is 1.07. The van der Waals surface area contributed by atoms with Crippen molar-refractivity contribution in [3.8, 4) is 0 Å². The summed E-state index contributed by atoms with van der Waals surface area (Å²) in [4.78, 5) is 9.95. The van der Waals surface area contributed by atoms with E-state index in [1.807, 2.05) is 60.7 Å². The number of nitrogens with zero attached hydrogens (tertiary/aromatic N) is 5. The van der Waals surface area contributed by atoms with Crippen molar-refractivity contribution < 1.29 is 0 Å². The zero-order chi connectivity index (χ0) is 18.5. The Kier molecular flexibility index (Phi) is 4.86. The normalized spacial score (nSPS) is 17.3. The Morgan fingerprint density at radius 3 is 2.22 bits per heavy atom. The first-order valence-corrected chi connectivity index (χ1v) is 8.92. The van der Waals surface area contributed by atoms with Crippen molar-refractivity contribution >= 4 is 17.2 Å². The molecule has 3 aromatic carbocycles. The molecule has 27 heavy (non-hydrogen) atoms. The molecule has 0 aromatic heterocycles. The van der Waals surface area contributed by atoms with Gasteiger partial charge in [0.15, 0.2) is 0 Å². The van der Waals surface area contributed by atoms with Gasteiger partial charge in [0.2, 0.25) is 0 Å². The second kappa shape index (κ2) is 7.77. The van der Waals surface area contributed by atoms with Crippen molar-refractivity contribution in [3.63, 3.8) is 0 Å². The quantitative estimate of drug-likeness (QED) is 0.307. The van der Waals surface area contributed by atoms with E-state index in [1.54, 1.807) is 0 Å². The van der Waals surface area contributed by atoms with Crippen LogP contribution in [0.3, 0.4) is 0 Å². The Morgan fingerprint density at radius 2 is 1.56 bits per heavy atom. The minimum atomic E-state index is 0.253. The maximum Gasteiger partial charge on any atom is 0.112 e. The number of benzene rings is 3. The third-order valence-corrected chi connectivity index (χ3v) is 4.70. The van der Waals surface area contributed by atoms with Gasteiger partial charge >= 0.3 is 0 Å². The number of anilines is 1. The van der Waals surface area contributed by atoms with Crippen molar-refractivity contribution in [2.24, 2.45) is 10.1 Å². The Morgan fingerprint density at radius 1 is 0.889 bits per heavy atom. The Labute approximate surface area is 158 Å². The molecule has 5 heteroatoms. The van der Waals surface area contributed by atoms with E-state index in [2.05, 4.69) is 39.2 Å². The lowest BCUT2D eigenvalue weighted by Gasteiger charge is -2.44. The third-order valence-electron chi connectivity index (χ3n) is 4.70. The zero-order valence-corrected chi connectivity index (χ0v) is 14.8. The van der Waals surface area contributed by atoms with Crippen LogP contribution in [-0.2, 0) is 6.54 Å². The SMILES string of the molecule is [N-]=[N+]=NCc1ccc(C2CC(=Nc3ccccc3)N2c2ccccc2)cc1. The largest absolute Gasteiger partial charge is 0.322 e. The van der Waals surface area contributed by atoms with E-state index < -0.39 is 0 Å². The second-order valence-electron chi connectivity index (χ2n) is 6.42. The summed E-state index contributed by atoms with van der Waals surface area (Å²) in [5, 5.41) is 3.62. The van der Waals surface area contributed by atoms with E-state index in [0.717, 1.165) is 29.2 Å². The summed E-state index contributed by atoms with van der Waals surface area (Å²) < 4.78 is 0. The highest BCUT2D eigenvalue weighted by molar-refractivity contribution is 6.06. The summed E-state index contributed by atoms with van der Waals surface area (Å²) >= 11 is 0. The van der Waals surface area contributed by atoms with Crippen LogP contribution in [0.1, 0.15) is 23.6 Å². The molecule has 3 aromatic rings. The molecule has 0 radical (unpaired) electrons. The maximum absolute atomic E-state index is 8.47. The fourth-order valence-electron chi connectivity index (χ4n) is 3.32.